The largest absolute Gasteiger partial charge is 0.396 e. The van der Waals surface area contributed by atoms with Crippen LogP contribution in [0.1, 0.15) is 17.4 Å². The Morgan fingerprint density at radius 2 is 2.46 bits per heavy atom. The van der Waals surface area contributed by atoms with Crippen LogP contribution in [0, 0.1) is 5.92 Å². The predicted octanol–water partition coefficient (Wildman–Crippen LogP) is 2.47. The van der Waals surface area contributed by atoms with E-state index in [1.54, 1.807) is 0 Å². The molecule has 2 atom stereocenters. The van der Waals surface area contributed by atoms with Gasteiger partial charge in [0.15, 0.2) is 0 Å². The fourth-order valence-electron chi connectivity index (χ4n) is 1.62. The summed E-state index contributed by atoms with van der Waals surface area (Å²) in [5, 5.41) is 9.10. The van der Waals surface area contributed by atoms with Crippen LogP contribution in [0.25, 0.3) is 0 Å². The third kappa shape index (κ3) is 1.89. The lowest BCUT2D eigenvalue weighted by molar-refractivity contribution is 0.0747. The molecule has 0 saturated carbocycles. The molecule has 1 aromatic heterocycles. The Labute approximate surface area is 86.1 Å². The van der Waals surface area contributed by atoms with E-state index >= 15 is 0 Å². The first-order valence-electron chi connectivity index (χ1n) is 4.29. The zero-order valence-electron chi connectivity index (χ0n) is 7.07. The van der Waals surface area contributed by atoms with Crippen LogP contribution in [-0.4, -0.2) is 18.3 Å². The van der Waals surface area contributed by atoms with E-state index in [-0.39, 0.29) is 18.6 Å². The first-order chi connectivity index (χ1) is 6.31. The highest BCUT2D eigenvalue weighted by molar-refractivity contribution is 7.16. The van der Waals surface area contributed by atoms with Crippen molar-refractivity contribution in [1.29, 1.82) is 0 Å². The summed E-state index contributed by atoms with van der Waals surface area (Å²) in [7, 11) is 0. The highest BCUT2D eigenvalue weighted by Crippen LogP contribution is 2.38. The molecule has 0 amide bonds. The first-order valence-corrected chi connectivity index (χ1v) is 5.48. The molecule has 2 rings (SSSR count). The zero-order valence-corrected chi connectivity index (χ0v) is 8.64. The van der Waals surface area contributed by atoms with Gasteiger partial charge in [0.2, 0.25) is 0 Å². The third-order valence-electron chi connectivity index (χ3n) is 2.32. The summed E-state index contributed by atoms with van der Waals surface area (Å²) in [6.45, 7) is 0.936. The molecule has 72 valence electrons. The van der Waals surface area contributed by atoms with E-state index in [1.165, 1.54) is 11.3 Å². The number of aliphatic hydroxyl groups is 1. The van der Waals surface area contributed by atoms with Gasteiger partial charge in [-0.05, 0) is 18.6 Å². The van der Waals surface area contributed by atoms with Crippen molar-refractivity contribution in [3.05, 3.63) is 21.3 Å². The predicted molar refractivity (Wildman–Crippen MR) is 53.2 cm³/mol. The molecule has 0 spiro atoms. The van der Waals surface area contributed by atoms with Crippen LogP contribution in [-0.2, 0) is 4.74 Å². The summed E-state index contributed by atoms with van der Waals surface area (Å²) in [6, 6.07) is 3.85. The van der Waals surface area contributed by atoms with Crippen molar-refractivity contribution in [2.45, 2.75) is 12.5 Å². The molecule has 1 saturated heterocycles. The molecule has 0 bridgehead atoms. The molecule has 0 radical (unpaired) electrons. The van der Waals surface area contributed by atoms with Crippen LogP contribution >= 0.6 is 22.9 Å². The molecule has 4 heteroatoms. The van der Waals surface area contributed by atoms with Crippen molar-refractivity contribution in [2.75, 3.05) is 13.2 Å². The van der Waals surface area contributed by atoms with Crippen molar-refractivity contribution in [3.63, 3.8) is 0 Å². The maximum Gasteiger partial charge on any atom is 0.0968 e. The fraction of sp³-hybridized carbons (Fsp3) is 0.556. The van der Waals surface area contributed by atoms with Crippen molar-refractivity contribution < 1.29 is 9.84 Å². The smallest absolute Gasteiger partial charge is 0.0968 e. The first kappa shape index (κ1) is 9.46. The Morgan fingerprint density at radius 3 is 3.08 bits per heavy atom. The molecule has 1 aliphatic heterocycles. The van der Waals surface area contributed by atoms with Crippen molar-refractivity contribution >= 4 is 22.9 Å². The van der Waals surface area contributed by atoms with E-state index in [0.717, 1.165) is 22.2 Å². The number of hydrogen-bond donors (Lipinski definition) is 1. The Balaban J connectivity index is 2.15. The van der Waals surface area contributed by atoms with Crippen LogP contribution < -0.4 is 0 Å². The van der Waals surface area contributed by atoms with Gasteiger partial charge in [-0.15, -0.1) is 11.3 Å². The van der Waals surface area contributed by atoms with Crippen LogP contribution in [0.15, 0.2) is 12.1 Å². The summed E-state index contributed by atoms with van der Waals surface area (Å²) in [5.74, 6) is 0.245. The zero-order chi connectivity index (χ0) is 9.26. The number of aliphatic hydroxyl groups excluding tert-OH is 1. The summed E-state index contributed by atoms with van der Waals surface area (Å²) in [6.07, 6.45) is 0.999. The van der Waals surface area contributed by atoms with Gasteiger partial charge in [-0.25, -0.2) is 0 Å². The number of hydrogen-bond acceptors (Lipinski definition) is 3. The minimum absolute atomic E-state index is 0.0579. The fourth-order valence-corrected chi connectivity index (χ4v) is 2.82. The van der Waals surface area contributed by atoms with Gasteiger partial charge in [0.25, 0.3) is 0 Å². The number of thiophene rings is 1. The molecular formula is C9H11ClO2S. The summed E-state index contributed by atoms with van der Waals surface area (Å²) >= 11 is 7.36. The van der Waals surface area contributed by atoms with Gasteiger partial charge >= 0.3 is 0 Å². The van der Waals surface area contributed by atoms with Crippen molar-refractivity contribution in [2.24, 2.45) is 5.92 Å². The topological polar surface area (TPSA) is 29.5 Å². The maximum atomic E-state index is 9.10. The number of halogens is 1. The molecule has 2 nitrogen and oxygen atoms in total. The highest BCUT2D eigenvalue weighted by Gasteiger charge is 2.29. The Morgan fingerprint density at radius 1 is 1.62 bits per heavy atom. The lowest BCUT2D eigenvalue weighted by atomic mass is 10.0. The molecule has 1 fully saturated rings. The summed E-state index contributed by atoms with van der Waals surface area (Å²) < 4.78 is 6.33. The summed E-state index contributed by atoms with van der Waals surface area (Å²) in [5.41, 5.74) is 0. The van der Waals surface area contributed by atoms with E-state index in [4.69, 9.17) is 21.4 Å². The second-order valence-electron chi connectivity index (χ2n) is 3.16. The minimum Gasteiger partial charge on any atom is -0.396 e. The van der Waals surface area contributed by atoms with Gasteiger partial charge in [-0.2, -0.15) is 0 Å². The monoisotopic (exact) mass is 218 g/mol. The molecule has 1 aliphatic rings. The van der Waals surface area contributed by atoms with E-state index in [0.29, 0.717) is 0 Å². The van der Waals surface area contributed by atoms with Gasteiger partial charge in [0.05, 0.1) is 10.4 Å². The van der Waals surface area contributed by atoms with E-state index in [9.17, 15) is 0 Å². The average Bonchev–Trinajstić information content (AvgIpc) is 2.71. The van der Waals surface area contributed by atoms with E-state index in [1.807, 2.05) is 12.1 Å². The highest BCUT2D eigenvalue weighted by atomic mass is 35.5. The SMILES string of the molecule is OCC1CCOC1c1ccc(Cl)s1. The Kier molecular flexibility index (Phi) is 2.89. The Bertz CT molecular complexity index is 287. The Hall–Kier alpha value is -0.0900. The average molecular weight is 219 g/mol. The van der Waals surface area contributed by atoms with Gasteiger partial charge in [0, 0.05) is 24.0 Å². The molecule has 1 N–H and O–H groups in total. The molecule has 0 aliphatic carbocycles. The molecule has 0 aromatic carbocycles. The molecule has 2 unspecified atom stereocenters. The van der Waals surface area contributed by atoms with Gasteiger partial charge in [-0.1, -0.05) is 11.6 Å². The lowest BCUT2D eigenvalue weighted by Crippen LogP contribution is -2.09. The third-order valence-corrected chi connectivity index (χ3v) is 3.62. The number of ether oxygens (including phenoxy) is 1. The van der Waals surface area contributed by atoms with Gasteiger partial charge in [0.1, 0.15) is 0 Å². The van der Waals surface area contributed by atoms with Gasteiger partial charge < -0.3 is 9.84 Å². The second-order valence-corrected chi connectivity index (χ2v) is 4.91. The molecule has 1 aromatic rings. The molecular weight excluding hydrogens is 208 g/mol. The van der Waals surface area contributed by atoms with E-state index < -0.39 is 0 Å². The molecule has 2 heterocycles. The normalized spacial score (nSPS) is 28.2. The minimum atomic E-state index is 0.0579. The quantitative estimate of drug-likeness (QED) is 0.827. The lowest BCUT2D eigenvalue weighted by Gasteiger charge is -2.13. The van der Waals surface area contributed by atoms with Crippen LogP contribution in [0.4, 0.5) is 0 Å². The van der Waals surface area contributed by atoms with E-state index in [2.05, 4.69) is 0 Å². The van der Waals surface area contributed by atoms with Crippen molar-refractivity contribution in [3.8, 4) is 0 Å². The van der Waals surface area contributed by atoms with Gasteiger partial charge in [-0.3, -0.25) is 0 Å². The standard InChI is InChI=1S/C9H11ClO2S/c10-8-2-1-7(13-8)9-6(5-11)3-4-12-9/h1-2,6,9,11H,3-5H2. The van der Waals surface area contributed by atoms with Crippen molar-refractivity contribution in [1.82, 2.24) is 0 Å². The summed E-state index contributed by atoms with van der Waals surface area (Å²) in [4.78, 5) is 1.13. The second kappa shape index (κ2) is 3.96. The molecule has 13 heavy (non-hydrogen) atoms. The van der Waals surface area contributed by atoms with Crippen LogP contribution in [0.2, 0.25) is 4.34 Å². The maximum absolute atomic E-state index is 9.10. The van der Waals surface area contributed by atoms with Crippen LogP contribution in [0.5, 0.6) is 0 Å². The van der Waals surface area contributed by atoms with Crippen LogP contribution in [0.3, 0.4) is 0 Å². The number of rotatable bonds is 2.